The zero-order valence-corrected chi connectivity index (χ0v) is 16.1. The van der Waals surface area contributed by atoms with Crippen LogP contribution in [0.25, 0.3) is 0 Å². The molecule has 0 aliphatic rings. The monoisotopic (exact) mass is 369 g/mol. The van der Waals surface area contributed by atoms with E-state index in [1.54, 1.807) is 6.92 Å². The first kappa shape index (κ1) is 20.5. The molecule has 2 rings (SSSR count). The van der Waals surface area contributed by atoms with Gasteiger partial charge in [-0.3, -0.25) is 4.79 Å². The van der Waals surface area contributed by atoms with Crippen molar-refractivity contribution < 1.29 is 19.1 Å². The number of nitrogens with one attached hydrogen (secondary N) is 1. The van der Waals surface area contributed by atoms with E-state index in [1.165, 1.54) is 5.56 Å². The summed E-state index contributed by atoms with van der Waals surface area (Å²) >= 11 is 0. The first-order valence-electron chi connectivity index (χ1n) is 9.19. The third kappa shape index (κ3) is 7.13. The second-order valence-corrected chi connectivity index (χ2v) is 6.67. The molecule has 1 N–H and O–H groups in total. The lowest BCUT2D eigenvalue weighted by Gasteiger charge is -2.14. The molecule has 0 radical (unpaired) electrons. The Kier molecular flexibility index (Phi) is 7.86. The van der Waals surface area contributed by atoms with E-state index in [4.69, 9.17) is 9.47 Å². The normalized spacial score (nSPS) is 11.7. The molecule has 2 aromatic rings. The highest BCUT2D eigenvalue weighted by Gasteiger charge is 2.17. The number of carbonyl (C=O) groups excluding carboxylic acids is 2. The van der Waals surface area contributed by atoms with Gasteiger partial charge in [-0.25, -0.2) is 4.79 Å². The Morgan fingerprint density at radius 3 is 2.26 bits per heavy atom. The molecule has 1 atom stereocenters. The van der Waals surface area contributed by atoms with Gasteiger partial charge in [-0.15, -0.1) is 0 Å². The molecule has 0 aromatic heterocycles. The first-order valence-corrected chi connectivity index (χ1v) is 9.19. The minimum Gasteiger partial charge on any atom is -0.482 e. The molecular formula is C22H27NO4. The van der Waals surface area contributed by atoms with Crippen molar-refractivity contribution >= 4 is 11.9 Å². The maximum atomic E-state index is 12.0. The Morgan fingerprint density at radius 1 is 0.963 bits per heavy atom. The van der Waals surface area contributed by atoms with E-state index < -0.39 is 12.1 Å². The summed E-state index contributed by atoms with van der Waals surface area (Å²) in [5.74, 6) is 0.135. The standard InChI is InChI=1S/C22H27NO4/c1-16(2)19-9-11-20(12-10-19)26-15-21(24)27-17(3)22(25)23-14-13-18-7-5-4-6-8-18/h4-12,16-17H,13-15H2,1-3H3,(H,23,25). The Balaban J connectivity index is 1.68. The topological polar surface area (TPSA) is 64.6 Å². The van der Waals surface area contributed by atoms with Crippen LogP contribution in [-0.4, -0.2) is 31.1 Å². The van der Waals surface area contributed by atoms with Crippen LogP contribution in [0.2, 0.25) is 0 Å². The second-order valence-electron chi connectivity index (χ2n) is 6.67. The van der Waals surface area contributed by atoms with E-state index in [0.29, 0.717) is 18.2 Å². The molecule has 0 aliphatic carbocycles. The second kappa shape index (κ2) is 10.4. The van der Waals surface area contributed by atoms with Crippen molar-refractivity contribution in [3.63, 3.8) is 0 Å². The number of ether oxygens (including phenoxy) is 2. The van der Waals surface area contributed by atoms with Gasteiger partial charge in [0.2, 0.25) is 0 Å². The molecule has 0 bridgehead atoms. The van der Waals surface area contributed by atoms with Crippen molar-refractivity contribution in [2.24, 2.45) is 0 Å². The van der Waals surface area contributed by atoms with Gasteiger partial charge < -0.3 is 14.8 Å². The summed E-state index contributed by atoms with van der Waals surface area (Å²) in [5.41, 5.74) is 2.34. The molecule has 0 saturated heterocycles. The number of hydrogen-bond donors (Lipinski definition) is 1. The predicted molar refractivity (Wildman–Crippen MR) is 105 cm³/mol. The fraction of sp³-hybridized carbons (Fsp3) is 0.364. The lowest BCUT2D eigenvalue weighted by molar-refractivity contribution is -0.156. The minimum atomic E-state index is -0.861. The molecule has 27 heavy (non-hydrogen) atoms. The van der Waals surface area contributed by atoms with Gasteiger partial charge in [0.15, 0.2) is 12.7 Å². The fourth-order valence-corrected chi connectivity index (χ4v) is 2.49. The van der Waals surface area contributed by atoms with Crippen LogP contribution in [0.5, 0.6) is 5.75 Å². The molecule has 0 aliphatic heterocycles. The van der Waals surface area contributed by atoms with Crippen molar-refractivity contribution in [3.8, 4) is 5.75 Å². The van der Waals surface area contributed by atoms with E-state index >= 15 is 0 Å². The van der Waals surface area contributed by atoms with Crippen molar-refractivity contribution in [2.75, 3.05) is 13.2 Å². The van der Waals surface area contributed by atoms with Crippen molar-refractivity contribution in [3.05, 3.63) is 65.7 Å². The van der Waals surface area contributed by atoms with Crippen LogP contribution in [0.3, 0.4) is 0 Å². The predicted octanol–water partition coefficient (Wildman–Crippen LogP) is 3.48. The van der Waals surface area contributed by atoms with Gasteiger partial charge in [0.25, 0.3) is 5.91 Å². The molecule has 2 aromatic carbocycles. The van der Waals surface area contributed by atoms with Gasteiger partial charge in [-0.1, -0.05) is 56.3 Å². The number of benzene rings is 2. The SMILES string of the molecule is CC(OC(=O)COc1ccc(C(C)C)cc1)C(=O)NCCc1ccccc1. The van der Waals surface area contributed by atoms with Crippen LogP contribution in [0.4, 0.5) is 0 Å². The van der Waals surface area contributed by atoms with Crippen molar-refractivity contribution in [1.29, 1.82) is 0 Å². The number of hydrogen-bond acceptors (Lipinski definition) is 4. The summed E-state index contributed by atoms with van der Waals surface area (Å²) in [6, 6.07) is 17.4. The van der Waals surface area contributed by atoms with Gasteiger partial charge in [0.05, 0.1) is 0 Å². The van der Waals surface area contributed by atoms with E-state index in [9.17, 15) is 9.59 Å². The Bertz CT molecular complexity index is 726. The lowest BCUT2D eigenvalue weighted by atomic mass is 10.0. The highest BCUT2D eigenvalue weighted by molar-refractivity contribution is 5.83. The smallest absolute Gasteiger partial charge is 0.344 e. The zero-order chi connectivity index (χ0) is 19.6. The van der Waals surface area contributed by atoms with Crippen LogP contribution >= 0.6 is 0 Å². The highest BCUT2D eigenvalue weighted by atomic mass is 16.6. The van der Waals surface area contributed by atoms with Gasteiger partial charge >= 0.3 is 5.97 Å². The molecule has 5 nitrogen and oxygen atoms in total. The van der Waals surface area contributed by atoms with Crippen LogP contribution in [0, 0.1) is 0 Å². The largest absolute Gasteiger partial charge is 0.482 e. The van der Waals surface area contributed by atoms with Gasteiger partial charge in [-0.2, -0.15) is 0 Å². The van der Waals surface area contributed by atoms with Crippen molar-refractivity contribution in [1.82, 2.24) is 5.32 Å². The van der Waals surface area contributed by atoms with E-state index in [0.717, 1.165) is 12.0 Å². The number of carbonyl (C=O) groups is 2. The average molecular weight is 369 g/mol. The van der Waals surface area contributed by atoms with Crippen LogP contribution in [0.1, 0.15) is 37.8 Å². The minimum absolute atomic E-state index is 0.233. The fourth-order valence-electron chi connectivity index (χ4n) is 2.49. The van der Waals surface area contributed by atoms with Crippen LogP contribution < -0.4 is 10.1 Å². The van der Waals surface area contributed by atoms with Gasteiger partial charge in [0.1, 0.15) is 5.75 Å². The Morgan fingerprint density at radius 2 is 1.63 bits per heavy atom. The first-order chi connectivity index (χ1) is 13.0. The van der Waals surface area contributed by atoms with E-state index in [1.807, 2.05) is 54.6 Å². The van der Waals surface area contributed by atoms with E-state index in [2.05, 4.69) is 19.2 Å². The molecule has 1 unspecified atom stereocenters. The molecule has 1 amide bonds. The molecule has 0 heterocycles. The van der Waals surface area contributed by atoms with E-state index in [-0.39, 0.29) is 12.5 Å². The molecular weight excluding hydrogens is 342 g/mol. The molecule has 0 saturated carbocycles. The molecule has 5 heteroatoms. The average Bonchev–Trinajstić information content (AvgIpc) is 2.67. The maximum Gasteiger partial charge on any atom is 0.344 e. The Labute approximate surface area is 160 Å². The Hall–Kier alpha value is -2.82. The van der Waals surface area contributed by atoms with Crippen molar-refractivity contribution in [2.45, 2.75) is 39.2 Å². The summed E-state index contributed by atoms with van der Waals surface area (Å²) in [4.78, 5) is 23.9. The number of rotatable bonds is 9. The summed E-state index contributed by atoms with van der Waals surface area (Å²) in [6.07, 6.45) is -0.136. The van der Waals surface area contributed by atoms with Crippen LogP contribution in [0.15, 0.2) is 54.6 Å². The number of esters is 1. The van der Waals surface area contributed by atoms with Gasteiger partial charge in [-0.05, 0) is 42.5 Å². The maximum absolute atomic E-state index is 12.0. The third-order valence-electron chi connectivity index (χ3n) is 4.14. The zero-order valence-electron chi connectivity index (χ0n) is 16.1. The third-order valence-corrected chi connectivity index (χ3v) is 4.14. The quantitative estimate of drug-likeness (QED) is 0.688. The van der Waals surface area contributed by atoms with Gasteiger partial charge in [0, 0.05) is 6.54 Å². The summed E-state index contributed by atoms with van der Waals surface area (Å²) in [7, 11) is 0. The highest BCUT2D eigenvalue weighted by Crippen LogP contribution is 2.18. The lowest BCUT2D eigenvalue weighted by Crippen LogP contribution is -2.37. The number of amides is 1. The summed E-state index contributed by atoms with van der Waals surface area (Å²) < 4.78 is 10.5. The summed E-state index contributed by atoms with van der Waals surface area (Å²) in [6.45, 7) is 6.03. The summed E-state index contributed by atoms with van der Waals surface area (Å²) in [5, 5.41) is 2.77. The molecule has 0 spiro atoms. The molecule has 144 valence electrons. The molecule has 0 fully saturated rings. The van der Waals surface area contributed by atoms with Crippen LogP contribution in [-0.2, 0) is 20.7 Å².